The van der Waals surface area contributed by atoms with Gasteiger partial charge >= 0.3 is 0 Å². The van der Waals surface area contributed by atoms with Crippen molar-refractivity contribution in [3.8, 4) is 11.4 Å². The Morgan fingerprint density at radius 2 is 1.57 bits per heavy atom. The topological polar surface area (TPSA) is 78.9 Å². The molecular formula is C27H25N5O2S. The van der Waals surface area contributed by atoms with Crippen molar-refractivity contribution >= 4 is 11.8 Å². The van der Waals surface area contributed by atoms with Crippen molar-refractivity contribution in [3.63, 3.8) is 0 Å². The molecule has 5 aromatic rings. The van der Waals surface area contributed by atoms with Gasteiger partial charge in [0, 0.05) is 12.1 Å². The Balaban J connectivity index is 1.33. The molecule has 3 aromatic carbocycles. The van der Waals surface area contributed by atoms with Gasteiger partial charge in [-0.15, -0.1) is 10.2 Å². The lowest BCUT2D eigenvalue weighted by molar-refractivity contribution is 0.289. The van der Waals surface area contributed by atoms with Gasteiger partial charge in [0.25, 0.3) is 0 Å². The number of hydrogen-bond acceptors (Lipinski definition) is 7. The zero-order valence-corrected chi connectivity index (χ0v) is 20.4. The van der Waals surface area contributed by atoms with E-state index in [4.69, 9.17) is 9.26 Å². The van der Waals surface area contributed by atoms with Crippen LogP contribution in [0.1, 0.15) is 34.2 Å². The maximum Gasteiger partial charge on any atom is 0.237 e. The first-order valence-corrected chi connectivity index (χ1v) is 12.3. The zero-order chi connectivity index (χ0) is 24.0. The summed E-state index contributed by atoms with van der Waals surface area (Å²) < 4.78 is 13.7. The molecule has 0 aliphatic rings. The first-order valence-electron chi connectivity index (χ1n) is 11.3. The van der Waals surface area contributed by atoms with E-state index in [0.29, 0.717) is 30.5 Å². The molecule has 0 amide bonds. The molecule has 0 saturated heterocycles. The molecule has 0 radical (unpaired) electrons. The van der Waals surface area contributed by atoms with E-state index in [-0.39, 0.29) is 0 Å². The van der Waals surface area contributed by atoms with Gasteiger partial charge < -0.3 is 9.26 Å². The second-order valence-electron chi connectivity index (χ2n) is 8.13. The molecule has 0 saturated carbocycles. The number of aryl methyl sites for hydroxylation is 2. The maximum atomic E-state index is 6.18. The first kappa shape index (κ1) is 22.9. The molecule has 7 nitrogen and oxygen atoms in total. The second kappa shape index (κ2) is 10.6. The monoisotopic (exact) mass is 483 g/mol. The lowest BCUT2D eigenvalue weighted by Crippen LogP contribution is -2.07. The summed E-state index contributed by atoms with van der Waals surface area (Å²) in [7, 11) is 0. The predicted molar refractivity (Wildman–Crippen MR) is 135 cm³/mol. The predicted octanol–water partition coefficient (Wildman–Crippen LogP) is 5.73. The highest BCUT2D eigenvalue weighted by molar-refractivity contribution is 7.98. The van der Waals surface area contributed by atoms with Gasteiger partial charge in [-0.05, 0) is 42.7 Å². The van der Waals surface area contributed by atoms with E-state index in [2.05, 4.69) is 32.5 Å². The van der Waals surface area contributed by atoms with Crippen LogP contribution in [0.3, 0.4) is 0 Å². The van der Waals surface area contributed by atoms with Crippen LogP contribution in [0.15, 0.2) is 88.5 Å². The molecule has 0 spiro atoms. The molecule has 0 aliphatic carbocycles. The third-order valence-corrected chi connectivity index (χ3v) is 6.42. The number of aromatic nitrogens is 5. The van der Waals surface area contributed by atoms with Crippen molar-refractivity contribution in [2.75, 3.05) is 0 Å². The van der Waals surface area contributed by atoms with Gasteiger partial charge in [0.05, 0.1) is 5.75 Å². The lowest BCUT2D eigenvalue weighted by Gasteiger charge is -2.13. The van der Waals surface area contributed by atoms with Crippen LogP contribution in [0.4, 0.5) is 0 Å². The van der Waals surface area contributed by atoms with Gasteiger partial charge in [-0.25, -0.2) is 0 Å². The molecule has 35 heavy (non-hydrogen) atoms. The van der Waals surface area contributed by atoms with E-state index in [1.165, 1.54) is 11.8 Å². The SMILES string of the molecule is Cc1cccc(C)c1OCc1nnc(SCc2nc(Cc3ccccc3)no2)n1-c1ccccc1. The van der Waals surface area contributed by atoms with Crippen molar-refractivity contribution in [2.45, 2.75) is 37.8 Å². The number of para-hydroxylation sites is 2. The zero-order valence-electron chi connectivity index (χ0n) is 19.6. The van der Waals surface area contributed by atoms with E-state index in [9.17, 15) is 0 Å². The highest BCUT2D eigenvalue weighted by atomic mass is 32.2. The summed E-state index contributed by atoms with van der Waals surface area (Å²) in [6.07, 6.45) is 0.634. The molecule has 176 valence electrons. The Hall–Kier alpha value is -3.91. The van der Waals surface area contributed by atoms with Crippen molar-refractivity contribution in [2.24, 2.45) is 0 Å². The highest BCUT2D eigenvalue weighted by Gasteiger charge is 2.17. The summed E-state index contributed by atoms with van der Waals surface area (Å²) in [4.78, 5) is 4.54. The molecule has 0 unspecified atom stereocenters. The van der Waals surface area contributed by atoms with Crippen molar-refractivity contribution in [1.29, 1.82) is 0 Å². The van der Waals surface area contributed by atoms with E-state index < -0.39 is 0 Å². The summed E-state index contributed by atoms with van der Waals surface area (Å²) in [5.41, 5.74) is 4.29. The second-order valence-corrected chi connectivity index (χ2v) is 9.08. The minimum absolute atomic E-state index is 0.302. The maximum absolute atomic E-state index is 6.18. The Labute approximate surface area is 208 Å². The fourth-order valence-electron chi connectivity index (χ4n) is 3.81. The van der Waals surface area contributed by atoms with Gasteiger partial charge in [-0.1, -0.05) is 83.6 Å². The van der Waals surface area contributed by atoms with E-state index in [0.717, 1.165) is 39.1 Å². The van der Waals surface area contributed by atoms with Crippen molar-refractivity contribution in [1.82, 2.24) is 24.9 Å². The summed E-state index contributed by atoms with van der Waals surface area (Å²) in [5.74, 6) is 3.30. The summed E-state index contributed by atoms with van der Waals surface area (Å²) in [5, 5.41) is 13.7. The largest absolute Gasteiger partial charge is 0.485 e. The average molecular weight is 484 g/mol. The van der Waals surface area contributed by atoms with Gasteiger partial charge in [0.2, 0.25) is 5.89 Å². The van der Waals surface area contributed by atoms with Crippen molar-refractivity contribution < 1.29 is 9.26 Å². The standard InChI is InChI=1S/C27H25N5O2S/c1-19-10-9-11-20(2)26(19)33-17-24-29-30-27(32(24)22-14-7-4-8-15-22)35-18-25-28-23(31-34-25)16-21-12-5-3-6-13-21/h3-15H,16-18H2,1-2H3. The van der Waals surface area contributed by atoms with Crippen LogP contribution in [0.5, 0.6) is 5.75 Å². The van der Waals surface area contributed by atoms with Crippen LogP contribution in [-0.4, -0.2) is 24.9 Å². The molecule has 5 rings (SSSR count). The third-order valence-electron chi connectivity index (χ3n) is 5.51. The van der Waals surface area contributed by atoms with E-state index in [1.807, 2.05) is 85.1 Å². The summed E-state index contributed by atoms with van der Waals surface area (Å²) >= 11 is 1.50. The quantitative estimate of drug-likeness (QED) is 0.248. The van der Waals surface area contributed by atoms with Crippen LogP contribution in [0.25, 0.3) is 5.69 Å². The molecule has 8 heteroatoms. The summed E-state index contributed by atoms with van der Waals surface area (Å²) in [6.45, 7) is 4.39. The fourth-order valence-corrected chi connectivity index (χ4v) is 4.62. The van der Waals surface area contributed by atoms with Crippen LogP contribution in [0, 0.1) is 13.8 Å². The van der Waals surface area contributed by atoms with Crippen LogP contribution in [-0.2, 0) is 18.8 Å². The Kier molecular flexibility index (Phi) is 6.90. The van der Waals surface area contributed by atoms with Gasteiger partial charge in [0.1, 0.15) is 12.4 Å². The minimum atomic E-state index is 0.302. The lowest BCUT2D eigenvalue weighted by atomic mass is 10.1. The van der Waals surface area contributed by atoms with Gasteiger partial charge in [-0.2, -0.15) is 4.98 Å². The molecule has 0 aliphatic heterocycles. The average Bonchev–Trinajstić information content (AvgIpc) is 3.50. The molecular weight excluding hydrogens is 458 g/mol. The Bertz CT molecular complexity index is 1380. The number of rotatable bonds is 9. The number of thioether (sulfide) groups is 1. The van der Waals surface area contributed by atoms with E-state index in [1.54, 1.807) is 0 Å². The molecule has 0 atom stereocenters. The van der Waals surface area contributed by atoms with Crippen LogP contribution < -0.4 is 4.74 Å². The Morgan fingerprint density at radius 3 is 2.31 bits per heavy atom. The first-order chi connectivity index (χ1) is 17.2. The molecule has 0 N–H and O–H groups in total. The van der Waals surface area contributed by atoms with Crippen molar-refractivity contribution in [3.05, 3.63) is 113 Å². The van der Waals surface area contributed by atoms with Gasteiger partial charge in [0.15, 0.2) is 16.8 Å². The fraction of sp³-hybridized carbons (Fsp3) is 0.185. The number of benzene rings is 3. The van der Waals surface area contributed by atoms with E-state index >= 15 is 0 Å². The third kappa shape index (κ3) is 5.44. The number of ether oxygens (including phenoxy) is 1. The van der Waals surface area contributed by atoms with Crippen LogP contribution >= 0.6 is 11.8 Å². The normalized spacial score (nSPS) is 11.0. The minimum Gasteiger partial charge on any atom is -0.485 e. The molecule has 2 aromatic heterocycles. The van der Waals surface area contributed by atoms with Crippen LogP contribution in [0.2, 0.25) is 0 Å². The summed E-state index contributed by atoms with van der Waals surface area (Å²) in [6, 6.07) is 26.2. The highest BCUT2D eigenvalue weighted by Crippen LogP contribution is 2.27. The smallest absolute Gasteiger partial charge is 0.237 e. The number of hydrogen-bond donors (Lipinski definition) is 0. The van der Waals surface area contributed by atoms with Gasteiger partial charge in [-0.3, -0.25) is 4.57 Å². The Morgan fingerprint density at radius 1 is 0.857 bits per heavy atom. The molecule has 0 bridgehead atoms. The molecule has 0 fully saturated rings. The molecule has 2 heterocycles. The number of nitrogens with zero attached hydrogens (tertiary/aromatic N) is 5.